The molecule has 1 aliphatic rings. The van der Waals surface area contributed by atoms with Crippen LogP contribution in [0.1, 0.15) is 25.7 Å². The van der Waals surface area contributed by atoms with Crippen LogP contribution in [0.4, 0.5) is 0 Å². The van der Waals surface area contributed by atoms with E-state index in [0.29, 0.717) is 6.04 Å². The van der Waals surface area contributed by atoms with Crippen molar-refractivity contribution in [2.24, 2.45) is 4.99 Å². The highest BCUT2D eigenvalue weighted by atomic mass is 15.2. The van der Waals surface area contributed by atoms with Crippen LogP contribution in [-0.4, -0.2) is 64.9 Å². The molecule has 1 aromatic rings. The van der Waals surface area contributed by atoms with Crippen molar-refractivity contribution in [2.75, 3.05) is 33.2 Å². The minimum atomic E-state index is 0.513. The lowest BCUT2D eigenvalue weighted by atomic mass is 10.1. The number of unbranched alkanes of at least 4 members (excludes halogenated alkanes) is 1. The number of aryl methyl sites for hydroxylation is 1. The molecule has 2 heterocycles. The summed E-state index contributed by atoms with van der Waals surface area (Å²) in [5.41, 5.74) is 0. The van der Waals surface area contributed by atoms with Crippen molar-refractivity contribution in [1.29, 1.82) is 0 Å². The molecule has 0 radical (unpaired) electrons. The molecule has 7 heteroatoms. The van der Waals surface area contributed by atoms with Crippen LogP contribution in [0.2, 0.25) is 0 Å². The number of aromatic nitrogens is 3. The first-order chi connectivity index (χ1) is 11.3. The van der Waals surface area contributed by atoms with Crippen LogP contribution in [0.25, 0.3) is 0 Å². The van der Waals surface area contributed by atoms with Gasteiger partial charge in [-0.1, -0.05) is 6.08 Å². The Morgan fingerprint density at radius 1 is 1.30 bits per heavy atom. The third-order valence-corrected chi connectivity index (χ3v) is 4.14. The van der Waals surface area contributed by atoms with E-state index < -0.39 is 0 Å². The SMILES string of the molecule is C=CCN1CCC(NC(=NC)NCCCCn2cnnc2)CC1. The summed E-state index contributed by atoms with van der Waals surface area (Å²) in [6.07, 6.45) is 10.00. The Hall–Kier alpha value is -1.89. The fraction of sp³-hybridized carbons (Fsp3) is 0.688. The Kier molecular flexibility index (Phi) is 7.59. The lowest BCUT2D eigenvalue weighted by Gasteiger charge is -2.32. The second-order valence-electron chi connectivity index (χ2n) is 5.91. The Bertz CT molecular complexity index is 461. The van der Waals surface area contributed by atoms with E-state index in [1.165, 1.54) is 0 Å². The molecule has 1 aliphatic heterocycles. The second kappa shape index (κ2) is 9.99. The van der Waals surface area contributed by atoms with Crippen LogP contribution >= 0.6 is 0 Å². The molecule has 0 amide bonds. The highest BCUT2D eigenvalue weighted by Crippen LogP contribution is 2.09. The minimum Gasteiger partial charge on any atom is -0.356 e. The first kappa shape index (κ1) is 17.5. The molecule has 128 valence electrons. The number of guanidine groups is 1. The fourth-order valence-corrected chi connectivity index (χ4v) is 2.79. The standard InChI is InChI=1S/C16H29N7/c1-3-9-22-11-6-15(7-12-22)21-16(17-2)18-8-4-5-10-23-13-19-20-14-23/h3,13-15H,1,4-12H2,2H3,(H2,17,18,21). The van der Waals surface area contributed by atoms with Gasteiger partial charge in [0.25, 0.3) is 0 Å². The molecule has 1 aromatic heterocycles. The summed E-state index contributed by atoms with van der Waals surface area (Å²) in [6, 6.07) is 0.513. The molecule has 0 atom stereocenters. The average molecular weight is 319 g/mol. The van der Waals surface area contributed by atoms with E-state index in [1.54, 1.807) is 12.7 Å². The van der Waals surface area contributed by atoms with E-state index in [-0.39, 0.29) is 0 Å². The summed E-state index contributed by atoms with van der Waals surface area (Å²) in [5, 5.41) is 14.5. The summed E-state index contributed by atoms with van der Waals surface area (Å²) in [7, 11) is 1.83. The maximum Gasteiger partial charge on any atom is 0.191 e. The van der Waals surface area contributed by atoms with Crippen LogP contribution in [-0.2, 0) is 6.54 Å². The van der Waals surface area contributed by atoms with Crippen molar-refractivity contribution in [2.45, 2.75) is 38.3 Å². The molecular formula is C16H29N7. The van der Waals surface area contributed by atoms with Gasteiger partial charge in [0, 0.05) is 45.8 Å². The lowest BCUT2D eigenvalue weighted by molar-refractivity contribution is 0.225. The van der Waals surface area contributed by atoms with Crippen LogP contribution in [0.3, 0.4) is 0 Å². The van der Waals surface area contributed by atoms with Gasteiger partial charge < -0.3 is 15.2 Å². The maximum absolute atomic E-state index is 4.32. The molecular weight excluding hydrogens is 290 g/mol. The monoisotopic (exact) mass is 319 g/mol. The van der Waals surface area contributed by atoms with Gasteiger partial charge in [-0.25, -0.2) is 0 Å². The molecule has 7 nitrogen and oxygen atoms in total. The summed E-state index contributed by atoms with van der Waals surface area (Å²) in [5.74, 6) is 0.913. The number of likely N-dealkylation sites (tertiary alicyclic amines) is 1. The first-order valence-corrected chi connectivity index (χ1v) is 8.44. The van der Waals surface area contributed by atoms with Crippen molar-refractivity contribution in [3.8, 4) is 0 Å². The van der Waals surface area contributed by atoms with Gasteiger partial charge >= 0.3 is 0 Å². The third-order valence-electron chi connectivity index (χ3n) is 4.14. The molecule has 0 spiro atoms. The molecule has 0 aromatic carbocycles. The van der Waals surface area contributed by atoms with Crippen molar-refractivity contribution in [3.05, 3.63) is 25.3 Å². The van der Waals surface area contributed by atoms with E-state index in [4.69, 9.17) is 0 Å². The van der Waals surface area contributed by atoms with Gasteiger partial charge in [-0.05, 0) is 25.7 Å². The molecule has 0 unspecified atom stereocenters. The topological polar surface area (TPSA) is 70.4 Å². The maximum atomic E-state index is 4.32. The van der Waals surface area contributed by atoms with Gasteiger partial charge in [0.2, 0.25) is 0 Å². The molecule has 0 aliphatic carbocycles. The van der Waals surface area contributed by atoms with E-state index in [0.717, 1.165) is 64.4 Å². The summed E-state index contributed by atoms with van der Waals surface area (Å²) >= 11 is 0. The fourth-order valence-electron chi connectivity index (χ4n) is 2.79. The molecule has 2 rings (SSSR count). The molecule has 1 saturated heterocycles. The summed E-state index contributed by atoms with van der Waals surface area (Å²) in [6.45, 7) is 8.94. The second-order valence-corrected chi connectivity index (χ2v) is 5.91. The quantitative estimate of drug-likeness (QED) is 0.322. The smallest absolute Gasteiger partial charge is 0.191 e. The zero-order chi connectivity index (χ0) is 16.3. The number of piperidine rings is 1. The molecule has 0 saturated carbocycles. The van der Waals surface area contributed by atoms with Gasteiger partial charge in [-0.3, -0.25) is 9.89 Å². The average Bonchev–Trinajstić information content (AvgIpc) is 3.09. The van der Waals surface area contributed by atoms with Gasteiger partial charge in [0.1, 0.15) is 12.7 Å². The summed E-state index contributed by atoms with van der Waals surface area (Å²) < 4.78 is 2.00. The largest absolute Gasteiger partial charge is 0.356 e. The Labute approximate surface area is 138 Å². The highest BCUT2D eigenvalue weighted by Gasteiger charge is 2.18. The number of aliphatic imine (C=N–C) groups is 1. The highest BCUT2D eigenvalue weighted by molar-refractivity contribution is 5.79. The predicted octanol–water partition coefficient (Wildman–Crippen LogP) is 0.874. The van der Waals surface area contributed by atoms with Crippen LogP contribution in [0.5, 0.6) is 0 Å². The van der Waals surface area contributed by atoms with Crippen LogP contribution < -0.4 is 10.6 Å². The van der Waals surface area contributed by atoms with Crippen molar-refractivity contribution in [3.63, 3.8) is 0 Å². The minimum absolute atomic E-state index is 0.513. The van der Waals surface area contributed by atoms with Crippen LogP contribution in [0.15, 0.2) is 30.3 Å². The van der Waals surface area contributed by atoms with Gasteiger partial charge in [0.15, 0.2) is 5.96 Å². The predicted molar refractivity (Wildman–Crippen MR) is 93.4 cm³/mol. The Morgan fingerprint density at radius 2 is 2.04 bits per heavy atom. The van der Waals surface area contributed by atoms with Crippen molar-refractivity contribution < 1.29 is 0 Å². The normalized spacial score (nSPS) is 17.2. The van der Waals surface area contributed by atoms with Crippen LogP contribution in [0, 0.1) is 0 Å². The zero-order valence-corrected chi connectivity index (χ0v) is 14.1. The Balaban J connectivity index is 1.57. The summed E-state index contributed by atoms with van der Waals surface area (Å²) in [4.78, 5) is 6.76. The number of rotatable bonds is 8. The van der Waals surface area contributed by atoms with Gasteiger partial charge in [-0.15, -0.1) is 16.8 Å². The van der Waals surface area contributed by atoms with Crippen molar-refractivity contribution in [1.82, 2.24) is 30.3 Å². The zero-order valence-electron chi connectivity index (χ0n) is 14.1. The van der Waals surface area contributed by atoms with Crippen molar-refractivity contribution >= 4 is 5.96 Å². The first-order valence-electron chi connectivity index (χ1n) is 8.44. The number of nitrogens with one attached hydrogen (secondary N) is 2. The molecule has 0 bridgehead atoms. The molecule has 2 N–H and O–H groups in total. The van der Waals surface area contributed by atoms with E-state index in [2.05, 4.69) is 37.3 Å². The number of hydrogen-bond acceptors (Lipinski definition) is 4. The molecule has 23 heavy (non-hydrogen) atoms. The van der Waals surface area contributed by atoms with E-state index in [9.17, 15) is 0 Å². The lowest BCUT2D eigenvalue weighted by Crippen LogP contribution is -2.48. The van der Waals surface area contributed by atoms with Gasteiger partial charge in [-0.2, -0.15) is 0 Å². The number of hydrogen-bond donors (Lipinski definition) is 2. The Morgan fingerprint density at radius 3 is 2.70 bits per heavy atom. The third kappa shape index (κ3) is 6.40. The molecule has 1 fully saturated rings. The number of nitrogens with zero attached hydrogens (tertiary/aromatic N) is 5. The van der Waals surface area contributed by atoms with E-state index in [1.807, 2.05) is 17.7 Å². The van der Waals surface area contributed by atoms with Gasteiger partial charge in [0.05, 0.1) is 0 Å². The van der Waals surface area contributed by atoms with E-state index >= 15 is 0 Å².